The molecular formula is C34H38F9N5O2. The Morgan fingerprint density at radius 3 is 2.08 bits per heavy atom. The summed E-state index contributed by atoms with van der Waals surface area (Å²) in [5.74, 6) is -0.620. The van der Waals surface area contributed by atoms with E-state index in [2.05, 4.69) is 10.1 Å². The lowest BCUT2D eigenvalue weighted by atomic mass is 9.84. The molecule has 0 radical (unpaired) electrons. The molecule has 1 atom stereocenters. The van der Waals surface area contributed by atoms with E-state index in [1.165, 1.54) is 35.9 Å². The lowest BCUT2D eigenvalue weighted by molar-refractivity contribution is -0.150. The van der Waals surface area contributed by atoms with Crippen LogP contribution in [0.2, 0.25) is 0 Å². The standard InChI is InChI=1S/C34H38F9N5O2/c1-4-12-50-30(49)22-7-9-25(10-8-22)47-11-5-6-28(26-13-20(2)27(17-29(26)47)34(41,42)43)48(31-44-19-46(3)45-31)18-21-14-23(32(35,36)37)16-24(15-21)33(38,39)40/h13-17,19,22,25,28H,4-12,18H2,1-3H3. The van der Waals surface area contributed by atoms with Crippen molar-refractivity contribution in [3.63, 3.8) is 0 Å². The summed E-state index contributed by atoms with van der Waals surface area (Å²) in [5.41, 5.74) is -3.53. The van der Waals surface area contributed by atoms with Gasteiger partial charge >= 0.3 is 24.5 Å². The number of halogens is 9. The lowest BCUT2D eigenvalue weighted by Gasteiger charge is -2.39. The van der Waals surface area contributed by atoms with Crippen molar-refractivity contribution in [1.29, 1.82) is 0 Å². The van der Waals surface area contributed by atoms with Crippen LogP contribution in [0.15, 0.2) is 36.7 Å². The summed E-state index contributed by atoms with van der Waals surface area (Å²) in [5, 5.41) is 4.31. The fraction of sp³-hybridized carbons (Fsp3) is 0.559. The van der Waals surface area contributed by atoms with Crippen LogP contribution in [0.25, 0.3) is 0 Å². The van der Waals surface area contributed by atoms with Gasteiger partial charge in [-0.15, -0.1) is 5.10 Å². The molecule has 50 heavy (non-hydrogen) atoms. The van der Waals surface area contributed by atoms with Gasteiger partial charge in [-0.3, -0.25) is 9.48 Å². The summed E-state index contributed by atoms with van der Waals surface area (Å²) in [6.07, 6.45) is -10.1. The summed E-state index contributed by atoms with van der Waals surface area (Å²) < 4.78 is 132. The molecule has 1 aliphatic carbocycles. The second-order valence-corrected chi connectivity index (χ2v) is 13.0. The Morgan fingerprint density at radius 1 is 0.900 bits per heavy atom. The molecule has 0 bridgehead atoms. The van der Waals surface area contributed by atoms with Crippen molar-refractivity contribution in [3.05, 3.63) is 70.0 Å². The smallest absolute Gasteiger partial charge is 0.416 e. The van der Waals surface area contributed by atoms with Gasteiger partial charge in [0.2, 0.25) is 5.95 Å². The number of aromatic nitrogens is 3. The molecule has 5 rings (SSSR count). The fourth-order valence-corrected chi connectivity index (χ4v) is 7.00. The van der Waals surface area contributed by atoms with E-state index in [0.29, 0.717) is 69.4 Å². The quantitative estimate of drug-likeness (QED) is 0.171. The lowest BCUT2D eigenvalue weighted by Crippen LogP contribution is -2.40. The largest absolute Gasteiger partial charge is 0.465 e. The van der Waals surface area contributed by atoms with Crippen molar-refractivity contribution >= 4 is 17.6 Å². The van der Waals surface area contributed by atoms with E-state index >= 15 is 0 Å². The Labute approximate surface area is 283 Å². The summed E-state index contributed by atoms with van der Waals surface area (Å²) in [6, 6.07) is 2.77. The van der Waals surface area contributed by atoms with Crippen molar-refractivity contribution in [2.24, 2.45) is 13.0 Å². The number of aryl methyl sites for hydroxylation is 2. The molecule has 1 unspecified atom stereocenters. The molecule has 0 spiro atoms. The molecule has 274 valence electrons. The Balaban J connectivity index is 1.59. The van der Waals surface area contributed by atoms with Gasteiger partial charge < -0.3 is 14.5 Å². The number of esters is 1. The molecule has 7 nitrogen and oxygen atoms in total. The van der Waals surface area contributed by atoms with Crippen LogP contribution in [-0.4, -0.2) is 39.9 Å². The third-order valence-electron chi connectivity index (χ3n) is 9.36. The first-order valence-corrected chi connectivity index (χ1v) is 16.4. The predicted molar refractivity (Wildman–Crippen MR) is 166 cm³/mol. The van der Waals surface area contributed by atoms with Gasteiger partial charge in [0.05, 0.1) is 35.3 Å². The van der Waals surface area contributed by atoms with E-state index in [4.69, 9.17) is 4.74 Å². The van der Waals surface area contributed by atoms with E-state index < -0.39 is 47.8 Å². The highest BCUT2D eigenvalue weighted by atomic mass is 19.4. The monoisotopic (exact) mass is 719 g/mol. The zero-order valence-electron chi connectivity index (χ0n) is 27.7. The second-order valence-electron chi connectivity index (χ2n) is 13.0. The Morgan fingerprint density at radius 2 is 1.54 bits per heavy atom. The number of fused-ring (bicyclic) bond motifs is 1. The maximum atomic E-state index is 14.3. The van der Waals surface area contributed by atoms with E-state index in [1.807, 2.05) is 11.8 Å². The first-order chi connectivity index (χ1) is 23.4. The van der Waals surface area contributed by atoms with Crippen LogP contribution >= 0.6 is 0 Å². The molecule has 2 aromatic carbocycles. The molecule has 16 heteroatoms. The van der Waals surface area contributed by atoms with Crippen molar-refractivity contribution in [2.45, 2.75) is 96.0 Å². The van der Waals surface area contributed by atoms with Crippen LogP contribution in [-0.2, 0) is 41.7 Å². The van der Waals surface area contributed by atoms with Crippen LogP contribution in [0.3, 0.4) is 0 Å². The van der Waals surface area contributed by atoms with Crippen LogP contribution < -0.4 is 9.80 Å². The van der Waals surface area contributed by atoms with E-state index in [0.717, 1.165) is 6.07 Å². The second kappa shape index (κ2) is 14.3. The van der Waals surface area contributed by atoms with Gasteiger partial charge in [-0.05, 0) is 92.8 Å². The summed E-state index contributed by atoms with van der Waals surface area (Å²) in [7, 11) is 1.54. The van der Waals surface area contributed by atoms with Gasteiger partial charge in [-0.25, -0.2) is 4.98 Å². The number of benzene rings is 2. The summed E-state index contributed by atoms with van der Waals surface area (Å²) in [6.45, 7) is 3.35. The van der Waals surface area contributed by atoms with Crippen molar-refractivity contribution < 1.29 is 49.0 Å². The number of alkyl halides is 9. The number of carbonyl (C=O) groups is 1. The van der Waals surface area contributed by atoms with Crippen LogP contribution in [0.1, 0.15) is 91.3 Å². The highest BCUT2D eigenvalue weighted by Crippen LogP contribution is 2.46. The average molecular weight is 720 g/mol. The summed E-state index contributed by atoms with van der Waals surface area (Å²) in [4.78, 5) is 20.2. The minimum atomic E-state index is -5.07. The third-order valence-corrected chi connectivity index (χ3v) is 9.36. The van der Waals surface area contributed by atoms with E-state index in [9.17, 15) is 44.3 Å². The molecule has 3 aromatic rings. The van der Waals surface area contributed by atoms with E-state index in [-0.39, 0.29) is 53.2 Å². The van der Waals surface area contributed by atoms with Crippen molar-refractivity contribution in [2.75, 3.05) is 23.0 Å². The average Bonchev–Trinajstić information content (AvgIpc) is 3.38. The minimum Gasteiger partial charge on any atom is -0.465 e. The van der Waals surface area contributed by atoms with Gasteiger partial charge in [0.25, 0.3) is 0 Å². The molecule has 0 saturated heterocycles. The Bertz CT molecular complexity index is 1630. The van der Waals surface area contributed by atoms with Gasteiger partial charge in [0.15, 0.2) is 0 Å². The van der Waals surface area contributed by atoms with Gasteiger partial charge in [0, 0.05) is 31.9 Å². The molecule has 1 aromatic heterocycles. The molecule has 1 fully saturated rings. The number of hydrogen-bond acceptors (Lipinski definition) is 6. The zero-order chi connectivity index (χ0) is 36.6. The molecule has 0 amide bonds. The Kier molecular flexibility index (Phi) is 10.7. The SMILES string of the molecule is CCCOC(=O)C1CCC(N2CCCC(N(Cc3cc(C(F)(F)F)cc(C(F)(F)F)c3)c3ncn(C)n3)c3cc(C)c(C(F)(F)F)cc32)CC1. The molecule has 1 aliphatic heterocycles. The first kappa shape index (κ1) is 37.3. The molecular weight excluding hydrogens is 681 g/mol. The maximum absolute atomic E-state index is 14.3. The number of carbonyl (C=O) groups excluding carboxylic acids is 1. The number of rotatable bonds is 8. The first-order valence-electron chi connectivity index (χ1n) is 16.4. The van der Waals surface area contributed by atoms with Crippen LogP contribution in [0.5, 0.6) is 0 Å². The van der Waals surface area contributed by atoms with Gasteiger partial charge in [0.1, 0.15) is 6.33 Å². The normalized spacial score (nSPS) is 20.3. The molecule has 1 saturated carbocycles. The number of anilines is 2. The number of hydrogen-bond donors (Lipinski definition) is 0. The fourth-order valence-electron chi connectivity index (χ4n) is 7.00. The molecule has 0 N–H and O–H groups in total. The zero-order valence-corrected chi connectivity index (χ0v) is 27.7. The summed E-state index contributed by atoms with van der Waals surface area (Å²) >= 11 is 0. The van der Waals surface area contributed by atoms with E-state index in [1.54, 1.807) is 0 Å². The minimum absolute atomic E-state index is 0.00785. The van der Waals surface area contributed by atoms with Crippen LogP contribution in [0.4, 0.5) is 51.1 Å². The number of nitrogens with zero attached hydrogens (tertiary/aromatic N) is 5. The third kappa shape index (κ3) is 8.31. The predicted octanol–water partition coefficient (Wildman–Crippen LogP) is 9.04. The van der Waals surface area contributed by atoms with Crippen molar-refractivity contribution in [3.8, 4) is 0 Å². The van der Waals surface area contributed by atoms with Gasteiger partial charge in [-0.1, -0.05) is 13.0 Å². The number of ether oxygens (including phenoxy) is 1. The molecule has 2 heterocycles. The highest BCUT2D eigenvalue weighted by molar-refractivity contribution is 5.72. The van der Waals surface area contributed by atoms with Crippen molar-refractivity contribution in [1.82, 2.24) is 14.8 Å². The maximum Gasteiger partial charge on any atom is 0.416 e. The van der Waals surface area contributed by atoms with Gasteiger partial charge in [-0.2, -0.15) is 39.5 Å². The molecule has 2 aliphatic rings. The highest BCUT2D eigenvalue weighted by Gasteiger charge is 2.41. The topological polar surface area (TPSA) is 63.5 Å². The Hall–Kier alpha value is -3.98. The van der Waals surface area contributed by atoms with Crippen LogP contribution in [0, 0.1) is 12.8 Å².